The first-order valence-corrected chi connectivity index (χ1v) is 8.13. The molecule has 0 spiro atoms. The van der Waals surface area contributed by atoms with Crippen molar-refractivity contribution in [1.29, 1.82) is 0 Å². The molecule has 0 aromatic heterocycles. The molecule has 0 saturated carbocycles. The first-order chi connectivity index (χ1) is 10.1. The third-order valence-electron chi connectivity index (χ3n) is 4.27. The maximum Gasteiger partial charge on any atom is 0.244 e. The van der Waals surface area contributed by atoms with Crippen molar-refractivity contribution < 1.29 is 4.79 Å². The van der Waals surface area contributed by atoms with Gasteiger partial charge in [0.25, 0.3) is 0 Å². The number of carbonyl (C=O) groups is 1. The van der Waals surface area contributed by atoms with E-state index in [1.807, 2.05) is 30.1 Å². The van der Waals surface area contributed by atoms with Crippen LogP contribution in [-0.2, 0) is 4.79 Å². The Morgan fingerprint density at radius 1 is 1.19 bits per heavy atom. The number of likely N-dealkylation sites (tertiary alicyclic amines) is 1. The lowest BCUT2D eigenvalue weighted by Gasteiger charge is -2.31. The van der Waals surface area contributed by atoms with Crippen LogP contribution < -0.4 is 0 Å². The molecule has 1 unspecified atom stereocenters. The van der Waals surface area contributed by atoms with Gasteiger partial charge in [0, 0.05) is 13.6 Å². The third kappa shape index (κ3) is 4.31. The average Bonchev–Trinajstić information content (AvgIpc) is 3.00. The van der Waals surface area contributed by atoms with E-state index in [0.717, 1.165) is 31.6 Å². The van der Waals surface area contributed by atoms with Crippen molar-refractivity contribution in [3.05, 3.63) is 35.9 Å². The van der Waals surface area contributed by atoms with E-state index in [0.29, 0.717) is 5.92 Å². The number of amides is 1. The number of benzene rings is 1. The van der Waals surface area contributed by atoms with Crippen LogP contribution in [0.15, 0.2) is 30.3 Å². The molecule has 3 heteroatoms. The summed E-state index contributed by atoms with van der Waals surface area (Å²) >= 11 is 0. The molecule has 1 amide bonds. The summed E-state index contributed by atoms with van der Waals surface area (Å²) in [6.07, 6.45) is 3.46. The Hall–Kier alpha value is -1.35. The largest absolute Gasteiger partial charge is 0.344 e. The minimum Gasteiger partial charge on any atom is -0.344 e. The first-order valence-electron chi connectivity index (χ1n) is 8.13. The Labute approximate surface area is 128 Å². The van der Waals surface area contributed by atoms with Crippen LogP contribution in [0, 0.1) is 5.92 Å². The summed E-state index contributed by atoms with van der Waals surface area (Å²) in [4.78, 5) is 17.2. The first kappa shape index (κ1) is 16.0. The summed E-state index contributed by atoms with van der Waals surface area (Å²) in [5.74, 6) is 0.867. The van der Waals surface area contributed by atoms with E-state index in [9.17, 15) is 4.79 Å². The highest BCUT2D eigenvalue weighted by Gasteiger charge is 2.31. The van der Waals surface area contributed by atoms with Gasteiger partial charge < -0.3 is 4.90 Å². The van der Waals surface area contributed by atoms with Crippen molar-refractivity contribution in [3.63, 3.8) is 0 Å². The van der Waals surface area contributed by atoms with E-state index < -0.39 is 0 Å². The maximum atomic E-state index is 12.9. The van der Waals surface area contributed by atoms with Crippen LogP contribution in [0.1, 0.15) is 44.7 Å². The van der Waals surface area contributed by atoms with Crippen molar-refractivity contribution in [1.82, 2.24) is 9.80 Å². The fourth-order valence-electron chi connectivity index (χ4n) is 2.92. The Bertz CT molecular complexity index is 438. The predicted molar refractivity (Wildman–Crippen MR) is 87.1 cm³/mol. The van der Waals surface area contributed by atoms with Gasteiger partial charge in [0.05, 0.1) is 0 Å². The van der Waals surface area contributed by atoms with E-state index in [1.54, 1.807) is 0 Å². The zero-order chi connectivity index (χ0) is 15.2. The highest BCUT2D eigenvalue weighted by atomic mass is 16.2. The van der Waals surface area contributed by atoms with E-state index >= 15 is 0 Å². The van der Waals surface area contributed by atoms with Crippen LogP contribution in [0.5, 0.6) is 0 Å². The molecule has 0 N–H and O–H groups in total. The molecule has 1 fully saturated rings. The summed E-state index contributed by atoms with van der Waals surface area (Å²) in [5, 5.41) is 0. The molecule has 1 atom stereocenters. The fourth-order valence-corrected chi connectivity index (χ4v) is 2.92. The number of rotatable bonds is 6. The van der Waals surface area contributed by atoms with Gasteiger partial charge in [-0.1, -0.05) is 44.2 Å². The second-order valence-electron chi connectivity index (χ2n) is 6.50. The lowest BCUT2D eigenvalue weighted by molar-refractivity contribution is -0.135. The smallest absolute Gasteiger partial charge is 0.244 e. The van der Waals surface area contributed by atoms with Crippen LogP contribution in [-0.4, -0.2) is 42.4 Å². The van der Waals surface area contributed by atoms with Gasteiger partial charge in [-0.2, -0.15) is 0 Å². The molecule has 0 aliphatic carbocycles. The lowest BCUT2D eigenvalue weighted by Crippen LogP contribution is -2.41. The van der Waals surface area contributed by atoms with Crippen molar-refractivity contribution in [2.75, 3.05) is 26.7 Å². The molecule has 1 aliphatic heterocycles. The predicted octanol–water partition coefficient (Wildman–Crippen LogP) is 3.33. The van der Waals surface area contributed by atoms with Gasteiger partial charge in [-0.05, 0) is 43.8 Å². The van der Waals surface area contributed by atoms with Crippen LogP contribution in [0.2, 0.25) is 0 Å². The molecule has 1 heterocycles. The minimum absolute atomic E-state index is 0.106. The molecule has 1 aromatic carbocycles. The van der Waals surface area contributed by atoms with Gasteiger partial charge in [-0.3, -0.25) is 9.69 Å². The zero-order valence-electron chi connectivity index (χ0n) is 13.6. The van der Waals surface area contributed by atoms with Crippen molar-refractivity contribution in [2.45, 2.75) is 39.2 Å². The molecule has 0 bridgehead atoms. The summed E-state index contributed by atoms with van der Waals surface area (Å²) in [6.45, 7) is 7.31. The van der Waals surface area contributed by atoms with Crippen molar-refractivity contribution >= 4 is 5.91 Å². The number of hydrogen-bond donors (Lipinski definition) is 0. The molecular formula is C18H28N2O. The van der Waals surface area contributed by atoms with Crippen LogP contribution in [0.25, 0.3) is 0 Å². The van der Waals surface area contributed by atoms with Crippen molar-refractivity contribution in [3.8, 4) is 0 Å². The summed E-state index contributed by atoms with van der Waals surface area (Å²) in [6, 6.07) is 10.1. The summed E-state index contributed by atoms with van der Waals surface area (Å²) in [5.41, 5.74) is 1.13. The van der Waals surface area contributed by atoms with Gasteiger partial charge in [0.15, 0.2) is 0 Å². The Kier molecular flexibility index (Phi) is 5.80. The number of likely N-dealkylation sites (N-methyl/N-ethyl adjacent to an activating group) is 1. The van der Waals surface area contributed by atoms with E-state index in [4.69, 9.17) is 0 Å². The SMILES string of the molecule is CC(C)CCN(C)C(=O)C(c1ccccc1)N1CCCC1. The van der Waals surface area contributed by atoms with Gasteiger partial charge in [-0.15, -0.1) is 0 Å². The van der Waals surface area contributed by atoms with E-state index in [1.165, 1.54) is 12.8 Å². The molecule has 0 radical (unpaired) electrons. The third-order valence-corrected chi connectivity index (χ3v) is 4.27. The van der Waals surface area contributed by atoms with Gasteiger partial charge in [0.1, 0.15) is 6.04 Å². The number of hydrogen-bond acceptors (Lipinski definition) is 2. The van der Waals surface area contributed by atoms with Crippen molar-refractivity contribution in [2.24, 2.45) is 5.92 Å². The number of nitrogens with zero attached hydrogens (tertiary/aromatic N) is 2. The van der Waals surface area contributed by atoms with Crippen LogP contribution in [0.4, 0.5) is 0 Å². The normalized spacial score (nSPS) is 17.1. The fraction of sp³-hybridized carbons (Fsp3) is 0.611. The summed E-state index contributed by atoms with van der Waals surface area (Å²) < 4.78 is 0. The monoisotopic (exact) mass is 288 g/mol. The molecule has 116 valence electrons. The molecule has 1 aromatic rings. The van der Waals surface area contributed by atoms with Crippen LogP contribution in [0.3, 0.4) is 0 Å². The summed E-state index contributed by atoms with van der Waals surface area (Å²) in [7, 11) is 1.94. The molecule has 21 heavy (non-hydrogen) atoms. The maximum absolute atomic E-state index is 12.9. The highest BCUT2D eigenvalue weighted by Crippen LogP contribution is 2.26. The Morgan fingerprint density at radius 3 is 2.38 bits per heavy atom. The second kappa shape index (κ2) is 7.60. The highest BCUT2D eigenvalue weighted by molar-refractivity contribution is 5.83. The molecule has 1 aliphatic rings. The number of carbonyl (C=O) groups excluding carboxylic acids is 1. The van der Waals surface area contributed by atoms with E-state index in [-0.39, 0.29) is 11.9 Å². The molecular weight excluding hydrogens is 260 g/mol. The van der Waals surface area contributed by atoms with Crippen LogP contribution >= 0.6 is 0 Å². The standard InChI is InChI=1S/C18H28N2O/c1-15(2)11-14-19(3)18(21)17(20-12-7-8-13-20)16-9-5-4-6-10-16/h4-6,9-10,15,17H,7-8,11-14H2,1-3H3. The lowest BCUT2D eigenvalue weighted by atomic mass is 10.0. The van der Waals surface area contributed by atoms with E-state index in [2.05, 4.69) is 30.9 Å². The molecule has 3 nitrogen and oxygen atoms in total. The minimum atomic E-state index is -0.106. The quantitative estimate of drug-likeness (QED) is 0.801. The second-order valence-corrected chi connectivity index (χ2v) is 6.50. The molecule has 1 saturated heterocycles. The zero-order valence-corrected chi connectivity index (χ0v) is 13.6. The van der Waals surface area contributed by atoms with Gasteiger partial charge in [-0.25, -0.2) is 0 Å². The Morgan fingerprint density at radius 2 is 1.81 bits per heavy atom. The van der Waals surface area contributed by atoms with Gasteiger partial charge >= 0.3 is 0 Å². The Balaban J connectivity index is 2.13. The average molecular weight is 288 g/mol. The topological polar surface area (TPSA) is 23.6 Å². The molecule has 2 rings (SSSR count). The van der Waals surface area contributed by atoms with Gasteiger partial charge in [0.2, 0.25) is 5.91 Å².